The SMILES string of the molecule is CC1(C)[C@H]2CCC1(CS(=O)(=O)N1CCN(C/C=C\c3ccccc3)CC1)C(=O)C2. The van der Waals surface area contributed by atoms with E-state index in [1.54, 1.807) is 4.31 Å². The Morgan fingerprint density at radius 1 is 1.10 bits per heavy atom. The van der Waals surface area contributed by atoms with Crippen molar-refractivity contribution in [1.29, 1.82) is 0 Å². The van der Waals surface area contributed by atoms with Gasteiger partial charge in [-0.3, -0.25) is 9.69 Å². The van der Waals surface area contributed by atoms with E-state index in [1.165, 1.54) is 5.56 Å². The summed E-state index contributed by atoms with van der Waals surface area (Å²) in [4.78, 5) is 15.0. The van der Waals surface area contributed by atoms with Crippen LogP contribution in [0.5, 0.6) is 0 Å². The van der Waals surface area contributed by atoms with Gasteiger partial charge in [0.1, 0.15) is 5.78 Å². The Hall–Kier alpha value is -1.50. The van der Waals surface area contributed by atoms with Gasteiger partial charge in [0.05, 0.1) is 5.75 Å². The summed E-state index contributed by atoms with van der Waals surface area (Å²) in [5.74, 6) is 0.515. The molecule has 4 rings (SSSR count). The van der Waals surface area contributed by atoms with Gasteiger partial charge < -0.3 is 0 Å². The number of ketones is 1. The maximum Gasteiger partial charge on any atom is 0.215 e. The quantitative estimate of drug-likeness (QED) is 0.715. The highest BCUT2D eigenvalue weighted by Gasteiger charge is 2.65. The van der Waals surface area contributed by atoms with Gasteiger partial charge in [-0.2, -0.15) is 4.31 Å². The number of nitrogens with zero attached hydrogens (tertiary/aromatic N) is 2. The zero-order valence-electron chi connectivity index (χ0n) is 17.5. The highest BCUT2D eigenvalue weighted by molar-refractivity contribution is 7.89. The highest BCUT2D eigenvalue weighted by Crippen LogP contribution is 2.64. The third-order valence-electron chi connectivity index (χ3n) is 7.77. The van der Waals surface area contributed by atoms with Crippen molar-refractivity contribution in [1.82, 2.24) is 9.21 Å². The van der Waals surface area contributed by atoms with Crippen LogP contribution in [0.2, 0.25) is 0 Å². The normalized spacial score (nSPS) is 30.4. The minimum atomic E-state index is -3.43. The minimum absolute atomic E-state index is 0.00373. The summed E-state index contributed by atoms with van der Waals surface area (Å²) in [6, 6.07) is 10.2. The molecule has 3 aliphatic rings. The molecule has 2 atom stereocenters. The zero-order valence-corrected chi connectivity index (χ0v) is 18.3. The van der Waals surface area contributed by atoms with Gasteiger partial charge in [0.25, 0.3) is 0 Å². The van der Waals surface area contributed by atoms with E-state index >= 15 is 0 Å². The second-order valence-corrected chi connectivity index (χ2v) is 11.4. The Labute approximate surface area is 174 Å². The van der Waals surface area contributed by atoms with Crippen LogP contribution in [0.4, 0.5) is 0 Å². The number of piperazine rings is 1. The summed E-state index contributed by atoms with van der Waals surface area (Å²) in [5.41, 5.74) is 0.291. The third-order valence-corrected chi connectivity index (χ3v) is 9.78. The van der Waals surface area contributed by atoms with E-state index in [1.807, 2.05) is 18.2 Å². The first-order chi connectivity index (χ1) is 13.7. The molecule has 0 aromatic heterocycles. The van der Waals surface area contributed by atoms with Gasteiger partial charge in [-0.1, -0.05) is 56.3 Å². The van der Waals surface area contributed by atoms with Crippen molar-refractivity contribution >= 4 is 21.9 Å². The fourth-order valence-electron chi connectivity index (χ4n) is 5.60. The van der Waals surface area contributed by atoms with Crippen LogP contribution >= 0.6 is 0 Å². The highest BCUT2D eigenvalue weighted by atomic mass is 32.2. The summed E-state index contributed by atoms with van der Waals surface area (Å²) in [5, 5.41) is 0. The first-order valence-corrected chi connectivity index (χ1v) is 12.3. The lowest BCUT2D eigenvalue weighted by atomic mass is 9.70. The molecule has 1 aromatic rings. The predicted octanol–water partition coefficient (Wildman–Crippen LogP) is 3.04. The monoisotopic (exact) mass is 416 g/mol. The van der Waals surface area contributed by atoms with E-state index in [0.29, 0.717) is 25.4 Å². The molecule has 1 aromatic carbocycles. The van der Waals surface area contributed by atoms with Crippen LogP contribution < -0.4 is 0 Å². The van der Waals surface area contributed by atoms with Crippen LogP contribution in [0.15, 0.2) is 36.4 Å². The van der Waals surface area contributed by atoms with Crippen LogP contribution in [-0.4, -0.2) is 61.9 Å². The number of sulfonamides is 1. The molecule has 0 N–H and O–H groups in total. The molecule has 1 saturated heterocycles. The second kappa shape index (κ2) is 7.64. The Kier molecular flexibility index (Phi) is 5.47. The summed E-state index contributed by atoms with van der Waals surface area (Å²) < 4.78 is 28.0. The molecule has 29 heavy (non-hydrogen) atoms. The average molecular weight is 417 g/mol. The number of hydrogen-bond donors (Lipinski definition) is 0. The zero-order chi connectivity index (χ0) is 20.7. The summed E-state index contributed by atoms with van der Waals surface area (Å²) in [6.45, 7) is 7.49. The lowest BCUT2D eigenvalue weighted by Crippen LogP contribution is -2.52. The summed E-state index contributed by atoms with van der Waals surface area (Å²) in [6.07, 6.45) is 6.51. The Balaban J connectivity index is 1.34. The molecule has 2 bridgehead atoms. The largest absolute Gasteiger partial charge is 0.299 e. The molecule has 0 spiro atoms. The van der Waals surface area contributed by atoms with Gasteiger partial charge in [-0.25, -0.2) is 8.42 Å². The lowest BCUT2D eigenvalue weighted by molar-refractivity contribution is -0.128. The number of benzene rings is 1. The van der Waals surface area contributed by atoms with Crippen molar-refractivity contribution in [2.45, 2.75) is 33.1 Å². The maximum atomic E-state index is 13.2. The molecule has 2 aliphatic carbocycles. The van der Waals surface area contributed by atoms with Crippen LogP contribution in [-0.2, 0) is 14.8 Å². The van der Waals surface area contributed by atoms with Gasteiger partial charge in [0.15, 0.2) is 0 Å². The van der Waals surface area contributed by atoms with Crippen LogP contribution in [0, 0.1) is 16.7 Å². The molecule has 0 amide bonds. The van der Waals surface area contributed by atoms with Crippen LogP contribution in [0.25, 0.3) is 6.08 Å². The van der Waals surface area contributed by atoms with E-state index in [4.69, 9.17) is 0 Å². The number of carbonyl (C=O) groups is 1. The van der Waals surface area contributed by atoms with Crippen LogP contribution in [0.1, 0.15) is 38.7 Å². The number of fused-ring (bicyclic) bond motifs is 2. The Morgan fingerprint density at radius 2 is 1.79 bits per heavy atom. The third kappa shape index (κ3) is 3.71. The number of hydrogen-bond acceptors (Lipinski definition) is 4. The standard InChI is InChI=1S/C23H32N2O3S/c1-22(2)20-10-11-23(22,21(26)17-20)18-29(27,28)25-15-13-24(14-16-25)12-6-9-19-7-4-3-5-8-19/h3-9,20H,10-18H2,1-2H3/b9-6-/t20-,23?/m0/s1. The lowest BCUT2D eigenvalue weighted by Gasteiger charge is -2.39. The Morgan fingerprint density at radius 3 is 2.38 bits per heavy atom. The van der Waals surface area contributed by atoms with Crippen molar-refractivity contribution in [3.05, 3.63) is 42.0 Å². The van der Waals surface area contributed by atoms with E-state index < -0.39 is 15.4 Å². The van der Waals surface area contributed by atoms with Crippen molar-refractivity contribution < 1.29 is 13.2 Å². The van der Waals surface area contributed by atoms with E-state index in [-0.39, 0.29) is 17.0 Å². The molecule has 1 unspecified atom stereocenters. The average Bonchev–Trinajstić information content (AvgIpc) is 3.03. The summed E-state index contributed by atoms with van der Waals surface area (Å²) in [7, 11) is -3.43. The molecular weight excluding hydrogens is 384 g/mol. The molecule has 2 saturated carbocycles. The smallest absolute Gasteiger partial charge is 0.215 e. The number of rotatable bonds is 6. The molecule has 158 valence electrons. The topological polar surface area (TPSA) is 57.7 Å². The van der Waals surface area contributed by atoms with Crippen molar-refractivity contribution in [2.24, 2.45) is 16.7 Å². The number of Topliss-reactive ketones (excluding diaryl/α,β-unsaturated/α-hetero) is 1. The fraction of sp³-hybridized carbons (Fsp3) is 0.609. The molecule has 6 heteroatoms. The van der Waals surface area contributed by atoms with Crippen molar-refractivity contribution in [3.8, 4) is 0 Å². The molecule has 1 aliphatic heterocycles. The molecule has 3 fully saturated rings. The minimum Gasteiger partial charge on any atom is -0.299 e. The van der Waals surface area contributed by atoms with Crippen LogP contribution in [0.3, 0.4) is 0 Å². The van der Waals surface area contributed by atoms with E-state index in [9.17, 15) is 13.2 Å². The van der Waals surface area contributed by atoms with E-state index in [0.717, 1.165) is 32.5 Å². The predicted molar refractivity (Wildman–Crippen MR) is 116 cm³/mol. The van der Waals surface area contributed by atoms with Gasteiger partial charge >= 0.3 is 0 Å². The first-order valence-electron chi connectivity index (χ1n) is 10.7. The molecule has 1 heterocycles. The van der Waals surface area contributed by atoms with Crippen molar-refractivity contribution in [3.63, 3.8) is 0 Å². The molecular formula is C23H32N2O3S. The fourth-order valence-corrected chi connectivity index (χ4v) is 7.81. The van der Waals surface area contributed by atoms with Gasteiger partial charge in [0, 0.05) is 44.6 Å². The molecule has 5 nitrogen and oxygen atoms in total. The van der Waals surface area contributed by atoms with Gasteiger partial charge in [-0.05, 0) is 29.7 Å². The second-order valence-electron chi connectivity index (χ2n) is 9.44. The van der Waals surface area contributed by atoms with Gasteiger partial charge in [0.2, 0.25) is 10.0 Å². The molecule has 0 radical (unpaired) electrons. The summed E-state index contributed by atoms with van der Waals surface area (Å²) >= 11 is 0. The van der Waals surface area contributed by atoms with Gasteiger partial charge in [-0.15, -0.1) is 0 Å². The maximum absolute atomic E-state index is 13.2. The van der Waals surface area contributed by atoms with E-state index in [2.05, 4.69) is 43.0 Å². The van der Waals surface area contributed by atoms with Crippen molar-refractivity contribution in [2.75, 3.05) is 38.5 Å². The Bertz CT molecular complexity index is 886. The first kappa shape index (κ1) is 20.8. The number of carbonyl (C=O) groups excluding carboxylic acids is 1.